The number of nitrogens with two attached hydrogens (primary N) is 1. The van der Waals surface area contributed by atoms with Gasteiger partial charge in [0.25, 0.3) is 0 Å². The lowest BCUT2D eigenvalue weighted by atomic mass is 9.69. The molecule has 0 bridgehead atoms. The van der Waals surface area contributed by atoms with E-state index in [9.17, 15) is 4.79 Å². The summed E-state index contributed by atoms with van der Waals surface area (Å²) in [5.74, 6) is 0.760. The summed E-state index contributed by atoms with van der Waals surface area (Å²) in [5, 5.41) is 9.11. The SMILES string of the molecule is Cc1nc(C2CCC(C(C)(C)C)CC2)nc(N)c1C(=O)O. The zero-order chi connectivity index (χ0) is 15.8. The number of carboxylic acids is 1. The van der Waals surface area contributed by atoms with E-state index in [1.807, 2.05) is 0 Å². The van der Waals surface area contributed by atoms with Crippen molar-refractivity contribution in [2.75, 3.05) is 5.73 Å². The molecule has 0 spiro atoms. The Bertz CT molecular complexity index is 518. The Morgan fingerprint density at radius 1 is 1.19 bits per heavy atom. The number of anilines is 1. The summed E-state index contributed by atoms with van der Waals surface area (Å²) in [6.45, 7) is 8.56. The number of nitrogen functional groups attached to an aromatic ring is 1. The molecular formula is C16H25N3O2. The van der Waals surface area contributed by atoms with Crippen LogP contribution < -0.4 is 5.73 Å². The van der Waals surface area contributed by atoms with E-state index in [1.54, 1.807) is 6.92 Å². The van der Waals surface area contributed by atoms with E-state index in [1.165, 1.54) is 0 Å². The fourth-order valence-corrected chi connectivity index (χ4v) is 3.28. The minimum Gasteiger partial charge on any atom is -0.477 e. The maximum atomic E-state index is 11.1. The number of carbonyl (C=O) groups is 1. The fourth-order valence-electron chi connectivity index (χ4n) is 3.28. The van der Waals surface area contributed by atoms with Gasteiger partial charge in [0.2, 0.25) is 0 Å². The molecule has 0 aliphatic heterocycles. The predicted octanol–water partition coefficient (Wildman–Crippen LogP) is 3.39. The number of nitrogens with zero attached hydrogens (tertiary/aromatic N) is 2. The summed E-state index contributed by atoms with van der Waals surface area (Å²) < 4.78 is 0. The van der Waals surface area contributed by atoms with E-state index >= 15 is 0 Å². The first kappa shape index (κ1) is 15.7. The average Bonchev–Trinajstić information content (AvgIpc) is 2.36. The van der Waals surface area contributed by atoms with Gasteiger partial charge in [-0.2, -0.15) is 0 Å². The smallest absolute Gasteiger partial charge is 0.341 e. The molecule has 2 rings (SSSR count). The van der Waals surface area contributed by atoms with E-state index in [-0.39, 0.29) is 11.4 Å². The molecular weight excluding hydrogens is 266 g/mol. The second kappa shape index (κ2) is 5.62. The third-order valence-corrected chi connectivity index (χ3v) is 4.67. The molecule has 1 saturated carbocycles. The highest BCUT2D eigenvalue weighted by molar-refractivity contribution is 5.93. The highest BCUT2D eigenvalue weighted by Gasteiger charge is 2.31. The van der Waals surface area contributed by atoms with E-state index in [4.69, 9.17) is 10.8 Å². The lowest BCUT2D eigenvalue weighted by Crippen LogP contribution is -2.26. The number of rotatable bonds is 2. The molecule has 1 heterocycles. The zero-order valence-corrected chi connectivity index (χ0v) is 13.3. The van der Waals surface area contributed by atoms with Crippen molar-refractivity contribution in [1.29, 1.82) is 0 Å². The molecule has 1 aromatic rings. The monoisotopic (exact) mass is 291 g/mol. The van der Waals surface area contributed by atoms with Crippen LogP contribution in [0.25, 0.3) is 0 Å². The van der Waals surface area contributed by atoms with Crippen LogP contribution in [0.2, 0.25) is 0 Å². The van der Waals surface area contributed by atoms with E-state index in [2.05, 4.69) is 30.7 Å². The third kappa shape index (κ3) is 3.34. The molecule has 1 fully saturated rings. The van der Waals surface area contributed by atoms with Gasteiger partial charge in [-0.1, -0.05) is 20.8 Å². The van der Waals surface area contributed by atoms with Crippen LogP contribution in [-0.2, 0) is 0 Å². The van der Waals surface area contributed by atoms with Crippen molar-refractivity contribution in [2.45, 2.75) is 59.3 Å². The summed E-state index contributed by atoms with van der Waals surface area (Å²) >= 11 is 0. The average molecular weight is 291 g/mol. The summed E-state index contributed by atoms with van der Waals surface area (Å²) in [7, 11) is 0. The van der Waals surface area contributed by atoms with Crippen LogP contribution >= 0.6 is 0 Å². The molecule has 1 aromatic heterocycles. The first-order chi connectivity index (χ1) is 9.70. The maximum absolute atomic E-state index is 11.1. The largest absolute Gasteiger partial charge is 0.477 e. The van der Waals surface area contributed by atoms with Gasteiger partial charge in [0, 0.05) is 5.92 Å². The van der Waals surface area contributed by atoms with Crippen LogP contribution in [0, 0.1) is 18.3 Å². The van der Waals surface area contributed by atoms with Crippen molar-refractivity contribution in [3.05, 3.63) is 17.1 Å². The molecule has 0 atom stereocenters. The van der Waals surface area contributed by atoms with Crippen molar-refractivity contribution >= 4 is 11.8 Å². The van der Waals surface area contributed by atoms with Crippen molar-refractivity contribution < 1.29 is 9.90 Å². The first-order valence-corrected chi connectivity index (χ1v) is 7.57. The number of hydrogen-bond donors (Lipinski definition) is 2. The molecule has 116 valence electrons. The Hall–Kier alpha value is -1.65. The van der Waals surface area contributed by atoms with Crippen LogP contribution in [0.4, 0.5) is 5.82 Å². The Balaban J connectivity index is 2.16. The van der Waals surface area contributed by atoms with Gasteiger partial charge in [0.15, 0.2) is 0 Å². The van der Waals surface area contributed by atoms with Crippen molar-refractivity contribution in [1.82, 2.24) is 9.97 Å². The fraction of sp³-hybridized carbons (Fsp3) is 0.688. The quantitative estimate of drug-likeness (QED) is 0.871. The Kier molecular flexibility index (Phi) is 4.21. The van der Waals surface area contributed by atoms with Crippen LogP contribution in [0.15, 0.2) is 0 Å². The minimum absolute atomic E-state index is 0.0297. The molecule has 0 unspecified atom stereocenters. The highest BCUT2D eigenvalue weighted by Crippen LogP contribution is 2.42. The highest BCUT2D eigenvalue weighted by atomic mass is 16.4. The normalized spacial score (nSPS) is 23.0. The summed E-state index contributed by atoms with van der Waals surface area (Å²) in [4.78, 5) is 19.8. The van der Waals surface area contributed by atoms with Crippen LogP contribution in [0.1, 0.15) is 74.2 Å². The lowest BCUT2D eigenvalue weighted by Gasteiger charge is -2.36. The number of aromatic carboxylic acids is 1. The Labute approximate surface area is 126 Å². The van der Waals surface area contributed by atoms with Crippen molar-refractivity contribution in [3.63, 3.8) is 0 Å². The molecule has 5 heteroatoms. The molecule has 21 heavy (non-hydrogen) atoms. The summed E-state index contributed by atoms with van der Waals surface area (Å²) in [6, 6.07) is 0. The molecule has 5 nitrogen and oxygen atoms in total. The van der Waals surface area contributed by atoms with E-state index < -0.39 is 5.97 Å². The van der Waals surface area contributed by atoms with Crippen molar-refractivity contribution in [3.8, 4) is 0 Å². The van der Waals surface area contributed by atoms with Gasteiger partial charge >= 0.3 is 5.97 Å². The predicted molar refractivity (Wildman–Crippen MR) is 82.3 cm³/mol. The number of aromatic nitrogens is 2. The van der Waals surface area contributed by atoms with Crippen LogP contribution in [0.3, 0.4) is 0 Å². The topological polar surface area (TPSA) is 89.1 Å². The Morgan fingerprint density at radius 2 is 1.76 bits per heavy atom. The first-order valence-electron chi connectivity index (χ1n) is 7.57. The van der Waals surface area contributed by atoms with Gasteiger partial charge in [-0.3, -0.25) is 0 Å². The second-order valence-electron chi connectivity index (χ2n) is 7.15. The lowest BCUT2D eigenvalue weighted by molar-refractivity contribution is 0.0696. The molecule has 1 aliphatic rings. The van der Waals surface area contributed by atoms with Crippen molar-refractivity contribution in [2.24, 2.45) is 11.3 Å². The molecule has 0 radical (unpaired) electrons. The zero-order valence-electron chi connectivity index (χ0n) is 13.3. The van der Waals surface area contributed by atoms with Gasteiger partial charge in [-0.25, -0.2) is 14.8 Å². The summed E-state index contributed by atoms with van der Waals surface area (Å²) in [6.07, 6.45) is 4.43. The summed E-state index contributed by atoms with van der Waals surface area (Å²) in [5.41, 5.74) is 6.63. The van der Waals surface area contributed by atoms with Crippen LogP contribution in [0.5, 0.6) is 0 Å². The third-order valence-electron chi connectivity index (χ3n) is 4.67. The van der Waals surface area contributed by atoms with E-state index in [0.29, 0.717) is 22.9 Å². The molecule has 0 aromatic carbocycles. The molecule has 0 saturated heterocycles. The van der Waals surface area contributed by atoms with Gasteiger partial charge in [0.05, 0.1) is 5.69 Å². The minimum atomic E-state index is -1.06. The van der Waals surface area contributed by atoms with E-state index in [0.717, 1.165) is 31.6 Å². The number of carboxylic acid groups (broad SMARTS) is 1. The van der Waals surface area contributed by atoms with Gasteiger partial charge in [-0.05, 0) is 43.9 Å². The number of hydrogen-bond acceptors (Lipinski definition) is 4. The molecule has 0 amide bonds. The second-order valence-corrected chi connectivity index (χ2v) is 7.15. The van der Waals surface area contributed by atoms with Gasteiger partial charge < -0.3 is 10.8 Å². The van der Waals surface area contributed by atoms with Gasteiger partial charge in [0.1, 0.15) is 17.2 Å². The molecule has 3 N–H and O–H groups in total. The number of aryl methyl sites for hydroxylation is 1. The molecule has 1 aliphatic carbocycles. The van der Waals surface area contributed by atoms with Crippen LogP contribution in [-0.4, -0.2) is 21.0 Å². The van der Waals surface area contributed by atoms with Gasteiger partial charge in [-0.15, -0.1) is 0 Å². The Morgan fingerprint density at radius 3 is 2.19 bits per heavy atom. The maximum Gasteiger partial charge on any atom is 0.341 e. The standard InChI is InChI=1S/C16H25N3O2/c1-9-12(15(20)21)13(17)19-14(18-9)10-5-7-11(8-6-10)16(2,3)4/h10-11H,5-8H2,1-4H3,(H,20,21)(H2,17,18,19).